The first-order chi connectivity index (χ1) is 16.9. The fraction of sp³-hybridized carbons (Fsp3) is 0.231. The molecule has 2 aromatic carbocycles. The Morgan fingerprint density at radius 3 is 2.51 bits per heavy atom. The van der Waals surface area contributed by atoms with Gasteiger partial charge in [0.1, 0.15) is 9.71 Å². The van der Waals surface area contributed by atoms with Crippen molar-refractivity contribution in [2.24, 2.45) is 0 Å². The summed E-state index contributed by atoms with van der Waals surface area (Å²) in [6.45, 7) is 4.09. The molecule has 0 amide bonds. The van der Waals surface area contributed by atoms with Crippen LogP contribution in [0.2, 0.25) is 5.02 Å². The average Bonchev–Trinajstić information content (AvgIpc) is 3.20. The second-order valence-electron chi connectivity index (χ2n) is 7.76. The number of Topliss-reactive ketones (excluding diaryl/α,β-unsaturated/α-hetero) is 1. The minimum atomic E-state index is -0.464. The monoisotopic (exact) mass is 526 g/mol. The van der Waals surface area contributed by atoms with Gasteiger partial charge in [-0.25, -0.2) is 9.78 Å². The van der Waals surface area contributed by atoms with Gasteiger partial charge in [0.2, 0.25) is 0 Å². The third-order valence-electron chi connectivity index (χ3n) is 5.44. The molecule has 2 heterocycles. The lowest BCUT2D eigenvalue weighted by Gasteiger charge is -2.12. The molecular formula is C26H23ClN2O4S2. The number of benzene rings is 2. The van der Waals surface area contributed by atoms with Crippen molar-refractivity contribution in [1.29, 1.82) is 0 Å². The number of esters is 1. The molecule has 4 rings (SSSR count). The van der Waals surface area contributed by atoms with Gasteiger partial charge in [0.05, 0.1) is 17.7 Å². The molecule has 0 N–H and O–H groups in total. The maximum Gasteiger partial charge on any atom is 0.348 e. The lowest BCUT2D eigenvalue weighted by molar-refractivity contribution is 0.0531. The van der Waals surface area contributed by atoms with Crippen molar-refractivity contribution in [2.75, 3.05) is 12.4 Å². The fourth-order valence-electron chi connectivity index (χ4n) is 3.63. The molecule has 180 valence electrons. The van der Waals surface area contributed by atoms with Gasteiger partial charge in [0, 0.05) is 17.1 Å². The van der Waals surface area contributed by atoms with E-state index in [-0.39, 0.29) is 23.7 Å². The molecule has 0 atom stereocenters. The van der Waals surface area contributed by atoms with Crippen LogP contribution >= 0.6 is 34.7 Å². The molecule has 0 aliphatic carbocycles. The van der Waals surface area contributed by atoms with Crippen molar-refractivity contribution in [3.63, 3.8) is 0 Å². The van der Waals surface area contributed by atoms with E-state index in [4.69, 9.17) is 21.3 Å². The minimum absolute atomic E-state index is 0.0521. The molecule has 0 radical (unpaired) electrons. The van der Waals surface area contributed by atoms with Crippen LogP contribution in [0.4, 0.5) is 0 Å². The van der Waals surface area contributed by atoms with E-state index in [2.05, 4.69) is 0 Å². The van der Waals surface area contributed by atoms with Crippen molar-refractivity contribution in [3.05, 3.63) is 91.5 Å². The molecule has 0 bridgehead atoms. The number of carbonyl (C=O) groups excluding carboxylic acids is 2. The van der Waals surface area contributed by atoms with Gasteiger partial charge in [-0.1, -0.05) is 65.8 Å². The third kappa shape index (κ3) is 5.66. The van der Waals surface area contributed by atoms with E-state index in [9.17, 15) is 14.4 Å². The molecule has 9 heteroatoms. The highest BCUT2D eigenvalue weighted by Crippen LogP contribution is 2.30. The van der Waals surface area contributed by atoms with Crippen LogP contribution in [0, 0.1) is 6.92 Å². The summed E-state index contributed by atoms with van der Waals surface area (Å²) in [6, 6.07) is 16.5. The molecule has 0 saturated heterocycles. The van der Waals surface area contributed by atoms with Crippen molar-refractivity contribution < 1.29 is 14.3 Å². The van der Waals surface area contributed by atoms with Crippen LogP contribution < -0.4 is 5.56 Å². The normalized spacial score (nSPS) is 11.1. The lowest BCUT2D eigenvalue weighted by Crippen LogP contribution is -2.24. The second kappa shape index (κ2) is 11.2. The number of ketones is 1. The second-order valence-corrected chi connectivity index (χ2v) is 10.1. The molecular weight excluding hydrogens is 504 g/mol. The van der Waals surface area contributed by atoms with Gasteiger partial charge in [-0.2, -0.15) is 0 Å². The molecule has 0 unspecified atom stereocenters. The lowest BCUT2D eigenvalue weighted by atomic mass is 10.1. The predicted octanol–water partition coefficient (Wildman–Crippen LogP) is 5.81. The first kappa shape index (κ1) is 25.2. The van der Waals surface area contributed by atoms with Gasteiger partial charge in [0.15, 0.2) is 10.9 Å². The van der Waals surface area contributed by atoms with Gasteiger partial charge in [-0.05, 0) is 43.5 Å². The Morgan fingerprint density at radius 2 is 1.83 bits per heavy atom. The van der Waals surface area contributed by atoms with Gasteiger partial charge in [-0.3, -0.25) is 14.2 Å². The Morgan fingerprint density at radius 1 is 1.11 bits per heavy atom. The maximum atomic E-state index is 13.6. The van der Waals surface area contributed by atoms with Crippen molar-refractivity contribution in [1.82, 2.24) is 9.55 Å². The first-order valence-electron chi connectivity index (χ1n) is 11.1. The standard InChI is InChI=1S/C26H23ClN2O4S2/c1-3-33-25(32)22-16(2)21-23(35-22)28-26(34-15-20(30)18-7-5-4-6-8-18)29(24(21)31)14-13-17-9-11-19(27)12-10-17/h4-12H,3,13-15H2,1-2H3. The van der Waals surface area contributed by atoms with E-state index in [1.165, 1.54) is 11.8 Å². The van der Waals surface area contributed by atoms with Gasteiger partial charge < -0.3 is 4.74 Å². The molecule has 35 heavy (non-hydrogen) atoms. The summed E-state index contributed by atoms with van der Waals surface area (Å²) in [5, 5.41) is 1.50. The van der Waals surface area contributed by atoms with E-state index in [1.807, 2.05) is 42.5 Å². The van der Waals surface area contributed by atoms with Gasteiger partial charge >= 0.3 is 5.97 Å². The fourth-order valence-corrected chi connectivity index (χ4v) is 5.79. The van der Waals surface area contributed by atoms with Crippen LogP contribution in [0.25, 0.3) is 10.2 Å². The maximum absolute atomic E-state index is 13.6. The third-order valence-corrected chi connectivity index (χ3v) is 7.84. The number of thioether (sulfide) groups is 1. The highest BCUT2D eigenvalue weighted by atomic mass is 35.5. The zero-order valence-corrected chi connectivity index (χ0v) is 21.6. The zero-order valence-electron chi connectivity index (χ0n) is 19.2. The quantitative estimate of drug-likeness (QED) is 0.118. The number of ether oxygens (including phenoxy) is 1. The summed E-state index contributed by atoms with van der Waals surface area (Å²) in [6.07, 6.45) is 0.582. The minimum Gasteiger partial charge on any atom is -0.462 e. The highest BCUT2D eigenvalue weighted by Gasteiger charge is 2.23. The van der Waals surface area contributed by atoms with E-state index >= 15 is 0 Å². The zero-order chi connectivity index (χ0) is 24.9. The number of fused-ring (bicyclic) bond motifs is 1. The summed E-state index contributed by atoms with van der Waals surface area (Å²) in [7, 11) is 0. The van der Waals surface area contributed by atoms with Crippen LogP contribution in [0.1, 0.15) is 38.1 Å². The number of aromatic nitrogens is 2. The molecule has 0 spiro atoms. The Bertz CT molecular complexity index is 1430. The molecule has 0 saturated carbocycles. The Hall–Kier alpha value is -2.94. The molecule has 0 aliphatic rings. The SMILES string of the molecule is CCOC(=O)c1sc2nc(SCC(=O)c3ccccc3)n(CCc3ccc(Cl)cc3)c(=O)c2c1C. The van der Waals surface area contributed by atoms with E-state index in [0.29, 0.717) is 49.4 Å². The summed E-state index contributed by atoms with van der Waals surface area (Å²) in [5.41, 5.74) is 1.96. The number of carbonyl (C=O) groups is 2. The van der Waals surface area contributed by atoms with Crippen LogP contribution in [0.5, 0.6) is 0 Å². The molecule has 2 aromatic heterocycles. The summed E-state index contributed by atoms with van der Waals surface area (Å²) in [5.74, 6) is -0.379. The number of halogens is 1. The summed E-state index contributed by atoms with van der Waals surface area (Å²) >= 11 is 8.36. The van der Waals surface area contributed by atoms with E-state index < -0.39 is 5.97 Å². The topological polar surface area (TPSA) is 78.3 Å². The smallest absolute Gasteiger partial charge is 0.348 e. The number of thiophene rings is 1. The predicted molar refractivity (Wildman–Crippen MR) is 141 cm³/mol. The largest absolute Gasteiger partial charge is 0.462 e. The van der Waals surface area contributed by atoms with E-state index in [0.717, 1.165) is 16.9 Å². The highest BCUT2D eigenvalue weighted by molar-refractivity contribution is 7.99. The molecule has 0 aliphatic heterocycles. The van der Waals surface area contributed by atoms with Crippen LogP contribution in [-0.2, 0) is 17.7 Å². The first-order valence-corrected chi connectivity index (χ1v) is 13.2. The summed E-state index contributed by atoms with van der Waals surface area (Å²) < 4.78 is 6.75. The number of rotatable bonds is 9. The Kier molecular flexibility index (Phi) is 8.05. The molecule has 6 nitrogen and oxygen atoms in total. The van der Waals surface area contributed by atoms with Crippen molar-refractivity contribution in [2.45, 2.75) is 32.0 Å². The number of hydrogen-bond acceptors (Lipinski definition) is 7. The van der Waals surface area contributed by atoms with Gasteiger partial charge in [0.25, 0.3) is 5.56 Å². The Balaban J connectivity index is 1.71. The van der Waals surface area contributed by atoms with E-state index in [1.54, 1.807) is 30.5 Å². The number of aryl methyl sites for hydroxylation is 2. The van der Waals surface area contributed by atoms with Crippen LogP contribution in [-0.4, -0.2) is 33.7 Å². The number of hydrogen-bond donors (Lipinski definition) is 0. The molecule has 4 aromatic rings. The average molecular weight is 527 g/mol. The van der Waals surface area contributed by atoms with Crippen LogP contribution in [0.15, 0.2) is 64.5 Å². The van der Waals surface area contributed by atoms with Gasteiger partial charge in [-0.15, -0.1) is 11.3 Å². The van der Waals surface area contributed by atoms with Crippen molar-refractivity contribution >= 4 is 56.7 Å². The Labute approximate surface area is 215 Å². The molecule has 0 fully saturated rings. The van der Waals surface area contributed by atoms with Crippen LogP contribution in [0.3, 0.4) is 0 Å². The van der Waals surface area contributed by atoms with Crippen molar-refractivity contribution in [3.8, 4) is 0 Å². The summed E-state index contributed by atoms with van der Waals surface area (Å²) in [4.78, 5) is 44.3. The number of nitrogens with zero attached hydrogens (tertiary/aromatic N) is 2.